The molecule has 1 unspecified atom stereocenters. The van der Waals surface area contributed by atoms with Crippen molar-refractivity contribution in [1.29, 1.82) is 0 Å². The Morgan fingerprint density at radius 3 is 2.40 bits per heavy atom. The van der Waals surface area contributed by atoms with Gasteiger partial charge in [0.05, 0.1) is 5.92 Å². The molecule has 0 aromatic carbocycles. The Morgan fingerprint density at radius 1 is 1.35 bits per heavy atom. The predicted molar refractivity (Wildman–Crippen MR) is 73.2 cm³/mol. The number of carbonyl (C=O) groups is 3. The average molecular weight is 285 g/mol. The molecule has 0 aliphatic heterocycles. The summed E-state index contributed by atoms with van der Waals surface area (Å²) in [6, 6.07) is -0.338. The number of carboxylic acid groups (broad SMARTS) is 1. The SMILES string of the molecule is CNC(=O)C(C)CN(C)C(=O)N(CC(=O)O)CC1CC1. The van der Waals surface area contributed by atoms with Gasteiger partial charge >= 0.3 is 12.0 Å². The Balaban J connectivity index is 2.57. The third kappa shape index (κ3) is 5.07. The van der Waals surface area contributed by atoms with Gasteiger partial charge in [0, 0.05) is 27.2 Å². The van der Waals surface area contributed by atoms with Crippen LogP contribution in [0.15, 0.2) is 0 Å². The van der Waals surface area contributed by atoms with E-state index < -0.39 is 5.97 Å². The Bertz CT molecular complexity index is 382. The van der Waals surface area contributed by atoms with Crippen molar-refractivity contribution in [2.24, 2.45) is 11.8 Å². The molecule has 0 radical (unpaired) electrons. The molecule has 7 heteroatoms. The maximum absolute atomic E-state index is 12.2. The van der Waals surface area contributed by atoms with Gasteiger partial charge in [0.2, 0.25) is 5.91 Å². The normalized spacial score (nSPS) is 15.3. The van der Waals surface area contributed by atoms with Gasteiger partial charge in [0.1, 0.15) is 6.54 Å². The smallest absolute Gasteiger partial charge is 0.323 e. The minimum atomic E-state index is -1.02. The van der Waals surface area contributed by atoms with Crippen LogP contribution in [0.4, 0.5) is 4.79 Å². The van der Waals surface area contributed by atoms with Gasteiger partial charge in [-0.05, 0) is 18.8 Å². The highest BCUT2D eigenvalue weighted by Gasteiger charge is 2.30. The van der Waals surface area contributed by atoms with E-state index in [1.165, 1.54) is 9.80 Å². The van der Waals surface area contributed by atoms with Crippen LogP contribution in [0, 0.1) is 11.8 Å². The summed E-state index contributed by atoms with van der Waals surface area (Å²) in [5.74, 6) is -1.08. The fourth-order valence-electron chi connectivity index (χ4n) is 2.05. The van der Waals surface area contributed by atoms with Crippen LogP contribution in [0.5, 0.6) is 0 Å². The summed E-state index contributed by atoms with van der Waals surface area (Å²) in [5.41, 5.74) is 0. The van der Waals surface area contributed by atoms with Crippen LogP contribution in [0.1, 0.15) is 19.8 Å². The Hall–Kier alpha value is -1.79. The molecule has 20 heavy (non-hydrogen) atoms. The van der Waals surface area contributed by atoms with Crippen molar-refractivity contribution in [2.75, 3.05) is 33.7 Å². The molecular formula is C13H23N3O4. The minimum Gasteiger partial charge on any atom is -0.480 e. The summed E-state index contributed by atoms with van der Waals surface area (Å²) in [6.07, 6.45) is 2.09. The topological polar surface area (TPSA) is 90.0 Å². The number of amides is 3. The molecule has 0 aromatic rings. The van der Waals surface area contributed by atoms with Crippen molar-refractivity contribution in [2.45, 2.75) is 19.8 Å². The summed E-state index contributed by atoms with van der Waals surface area (Å²) < 4.78 is 0. The highest BCUT2D eigenvalue weighted by Crippen LogP contribution is 2.29. The molecule has 114 valence electrons. The van der Waals surface area contributed by atoms with Crippen molar-refractivity contribution >= 4 is 17.9 Å². The van der Waals surface area contributed by atoms with E-state index in [1.54, 1.807) is 21.0 Å². The van der Waals surface area contributed by atoms with E-state index >= 15 is 0 Å². The fraction of sp³-hybridized carbons (Fsp3) is 0.769. The predicted octanol–water partition coefficient (Wildman–Crippen LogP) is 0.217. The van der Waals surface area contributed by atoms with Crippen LogP contribution in [0.3, 0.4) is 0 Å². The lowest BCUT2D eigenvalue weighted by atomic mass is 10.1. The van der Waals surface area contributed by atoms with Crippen LogP contribution in [0.25, 0.3) is 0 Å². The van der Waals surface area contributed by atoms with Gasteiger partial charge in [-0.2, -0.15) is 0 Å². The van der Waals surface area contributed by atoms with Crippen molar-refractivity contribution in [3.05, 3.63) is 0 Å². The quantitative estimate of drug-likeness (QED) is 0.700. The van der Waals surface area contributed by atoms with E-state index in [0.29, 0.717) is 12.5 Å². The van der Waals surface area contributed by atoms with Gasteiger partial charge in [0.15, 0.2) is 0 Å². The third-order valence-electron chi connectivity index (χ3n) is 3.34. The molecule has 1 rings (SSSR count). The number of hydrogen-bond acceptors (Lipinski definition) is 3. The number of nitrogens with one attached hydrogen (secondary N) is 1. The number of nitrogens with zero attached hydrogens (tertiary/aromatic N) is 2. The Morgan fingerprint density at radius 2 is 1.95 bits per heavy atom. The molecule has 0 saturated heterocycles. The summed E-state index contributed by atoms with van der Waals surface area (Å²) in [5, 5.41) is 11.4. The van der Waals surface area contributed by atoms with Crippen molar-refractivity contribution in [3.63, 3.8) is 0 Å². The van der Waals surface area contributed by atoms with E-state index in [-0.39, 0.29) is 30.9 Å². The Labute approximate surface area is 118 Å². The van der Waals surface area contributed by atoms with Crippen molar-refractivity contribution in [3.8, 4) is 0 Å². The zero-order valence-corrected chi connectivity index (χ0v) is 12.3. The number of carbonyl (C=O) groups excluding carboxylic acids is 2. The molecule has 1 atom stereocenters. The standard InChI is InChI=1S/C13H23N3O4/c1-9(12(19)14-2)6-15(3)13(20)16(8-11(17)18)7-10-4-5-10/h9-10H,4-8H2,1-3H3,(H,14,19)(H,17,18). The molecule has 7 nitrogen and oxygen atoms in total. The summed E-state index contributed by atoms with van der Waals surface area (Å²) in [4.78, 5) is 37.3. The van der Waals surface area contributed by atoms with E-state index in [4.69, 9.17) is 5.11 Å². The Kier molecular flexibility index (Phi) is 5.79. The van der Waals surface area contributed by atoms with Crippen LogP contribution in [-0.2, 0) is 9.59 Å². The van der Waals surface area contributed by atoms with Gasteiger partial charge in [0.25, 0.3) is 0 Å². The minimum absolute atomic E-state index is 0.142. The van der Waals surface area contributed by atoms with Crippen molar-refractivity contribution in [1.82, 2.24) is 15.1 Å². The number of rotatable bonds is 7. The molecule has 0 aromatic heterocycles. The first kappa shape index (κ1) is 16.3. The van der Waals surface area contributed by atoms with Gasteiger partial charge in [-0.15, -0.1) is 0 Å². The highest BCUT2D eigenvalue weighted by molar-refractivity contribution is 5.81. The first-order chi connectivity index (χ1) is 9.35. The van der Waals surface area contributed by atoms with E-state index in [0.717, 1.165) is 12.8 Å². The van der Waals surface area contributed by atoms with Crippen LogP contribution in [-0.4, -0.2) is 66.5 Å². The first-order valence-electron chi connectivity index (χ1n) is 6.78. The largest absolute Gasteiger partial charge is 0.480 e. The molecule has 1 fully saturated rings. The maximum atomic E-state index is 12.2. The second-order valence-corrected chi connectivity index (χ2v) is 5.40. The van der Waals surface area contributed by atoms with E-state index in [1.807, 2.05) is 0 Å². The molecule has 0 bridgehead atoms. The molecule has 1 aliphatic carbocycles. The molecule has 0 spiro atoms. The van der Waals surface area contributed by atoms with Gasteiger partial charge in [-0.25, -0.2) is 4.79 Å². The third-order valence-corrected chi connectivity index (χ3v) is 3.34. The lowest BCUT2D eigenvalue weighted by Gasteiger charge is -2.28. The first-order valence-corrected chi connectivity index (χ1v) is 6.78. The van der Waals surface area contributed by atoms with Crippen LogP contribution >= 0.6 is 0 Å². The lowest BCUT2D eigenvalue weighted by Crippen LogP contribution is -2.47. The summed E-state index contributed by atoms with van der Waals surface area (Å²) >= 11 is 0. The maximum Gasteiger partial charge on any atom is 0.323 e. The molecule has 2 N–H and O–H groups in total. The average Bonchev–Trinajstić information content (AvgIpc) is 3.19. The fourth-order valence-corrected chi connectivity index (χ4v) is 2.05. The second kappa shape index (κ2) is 7.12. The summed E-state index contributed by atoms with van der Waals surface area (Å²) in [6.45, 7) is 2.17. The van der Waals surface area contributed by atoms with Crippen LogP contribution in [0.2, 0.25) is 0 Å². The lowest BCUT2D eigenvalue weighted by molar-refractivity contribution is -0.137. The number of hydrogen-bond donors (Lipinski definition) is 2. The van der Waals surface area contributed by atoms with Gasteiger partial charge in [-0.1, -0.05) is 6.92 Å². The highest BCUT2D eigenvalue weighted by atomic mass is 16.4. The molecular weight excluding hydrogens is 262 g/mol. The van der Waals surface area contributed by atoms with E-state index in [9.17, 15) is 14.4 Å². The zero-order valence-electron chi connectivity index (χ0n) is 12.3. The molecule has 3 amide bonds. The molecule has 0 heterocycles. The molecule has 1 aliphatic rings. The number of aliphatic carboxylic acids is 1. The summed E-state index contributed by atoms with van der Waals surface area (Å²) in [7, 11) is 3.13. The van der Waals surface area contributed by atoms with E-state index in [2.05, 4.69) is 5.32 Å². The monoisotopic (exact) mass is 285 g/mol. The number of urea groups is 1. The van der Waals surface area contributed by atoms with Crippen molar-refractivity contribution < 1.29 is 19.5 Å². The van der Waals surface area contributed by atoms with Crippen LogP contribution < -0.4 is 5.32 Å². The van der Waals surface area contributed by atoms with Gasteiger partial charge in [-0.3, -0.25) is 9.59 Å². The molecule has 1 saturated carbocycles. The van der Waals surface area contributed by atoms with Gasteiger partial charge < -0.3 is 20.2 Å². The second-order valence-electron chi connectivity index (χ2n) is 5.40. The number of carboxylic acids is 1. The zero-order chi connectivity index (χ0) is 15.3.